The number of furan rings is 1. The van der Waals surface area contributed by atoms with Crippen LogP contribution in [0.1, 0.15) is 42.7 Å². The molecule has 24 heavy (non-hydrogen) atoms. The number of carbonyl (C=O) groups excluding carboxylic acids is 1. The molecule has 1 aliphatic rings. The van der Waals surface area contributed by atoms with E-state index >= 15 is 0 Å². The molecule has 1 amide bonds. The van der Waals surface area contributed by atoms with Crippen LogP contribution in [0.4, 0.5) is 0 Å². The Bertz CT molecular complexity index is 679. The van der Waals surface area contributed by atoms with Gasteiger partial charge in [0.15, 0.2) is 5.76 Å². The average molecular weight is 329 g/mol. The Morgan fingerprint density at radius 2 is 1.71 bits per heavy atom. The van der Waals surface area contributed by atoms with Gasteiger partial charge in [-0.1, -0.05) is 25.3 Å². The number of hydrogen-bond acceptors (Lipinski definition) is 4. The number of benzene rings is 1. The zero-order chi connectivity index (χ0) is 16.9. The third-order valence-electron chi connectivity index (χ3n) is 4.44. The lowest BCUT2D eigenvalue weighted by atomic mass is 9.95. The van der Waals surface area contributed by atoms with Crippen molar-refractivity contribution in [1.82, 2.24) is 5.32 Å². The molecular formula is C19H23NO4. The van der Waals surface area contributed by atoms with Gasteiger partial charge in [0.05, 0.1) is 14.2 Å². The van der Waals surface area contributed by atoms with Crippen LogP contribution in [0.15, 0.2) is 34.7 Å². The Kier molecular flexibility index (Phi) is 5.08. The molecule has 0 atom stereocenters. The zero-order valence-corrected chi connectivity index (χ0v) is 14.1. The maximum absolute atomic E-state index is 12.4. The van der Waals surface area contributed by atoms with Gasteiger partial charge in [-0.15, -0.1) is 0 Å². The quantitative estimate of drug-likeness (QED) is 0.900. The van der Waals surface area contributed by atoms with E-state index in [1.54, 1.807) is 26.4 Å². The van der Waals surface area contributed by atoms with Crippen LogP contribution in [-0.2, 0) is 0 Å². The standard InChI is InChI=1S/C19H23NO4/c1-22-14-9-6-10-15(23-2)18(14)16-11-12-17(24-16)19(21)20-13-7-4-3-5-8-13/h6,9-13H,3-5,7-8H2,1-2H3,(H,20,21). The van der Waals surface area contributed by atoms with Gasteiger partial charge in [-0.05, 0) is 37.1 Å². The van der Waals surface area contributed by atoms with E-state index in [1.165, 1.54) is 19.3 Å². The van der Waals surface area contributed by atoms with Crippen LogP contribution in [0, 0.1) is 0 Å². The SMILES string of the molecule is COc1cccc(OC)c1-c1ccc(C(=O)NC2CCCCC2)o1. The summed E-state index contributed by atoms with van der Waals surface area (Å²) in [7, 11) is 3.19. The lowest BCUT2D eigenvalue weighted by molar-refractivity contribution is 0.0900. The fourth-order valence-electron chi connectivity index (χ4n) is 3.19. The molecule has 0 aliphatic heterocycles. The molecule has 1 aromatic heterocycles. The fraction of sp³-hybridized carbons (Fsp3) is 0.421. The number of rotatable bonds is 5. The maximum Gasteiger partial charge on any atom is 0.287 e. The van der Waals surface area contributed by atoms with Gasteiger partial charge in [-0.25, -0.2) is 0 Å². The minimum absolute atomic E-state index is 0.165. The van der Waals surface area contributed by atoms with Gasteiger partial charge in [0.25, 0.3) is 5.91 Å². The highest BCUT2D eigenvalue weighted by molar-refractivity contribution is 5.92. The van der Waals surface area contributed by atoms with E-state index in [-0.39, 0.29) is 11.9 Å². The molecule has 1 fully saturated rings. The highest BCUT2D eigenvalue weighted by Crippen LogP contribution is 2.39. The van der Waals surface area contributed by atoms with Gasteiger partial charge < -0.3 is 19.2 Å². The molecule has 5 heteroatoms. The van der Waals surface area contributed by atoms with Gasteiger partial charge in [0.2, 0.25) is 0 Å². The van der Waals surface area contributed by atoms with Crippen LogP contribution >= 0.6 is 0 Å². The molecule has 1 aromatic carbocycles. The number of methoxy groups -OCH3 is 2. The average Bonchev–Trinajstić information content (AvgIpc) is 3.11. The largest absolute Gasteiger partial charge is 0.496 e. The Morgan fingerprint density at radius 3 is 2.33 bits per heavy atom. The van der Waals surface area contributed by atoms with E-state index in [0.717, 1.165) is 12.8 Å². The van der Waals surface area contributed by atoms with E-state index in [2.05, 4.69) is 5.32 Å². The van der Waals surface area contributed by atoms with E-state index in [1.807, 2.05) is 18.2 Å². The van der Waals surface area contributed by atoms with Gasteiger partial charge >= 0.3 is 0 Å². The van der Waals surface area contributed by atoms with Crippen molar-refractivity contribution in [3.8, 4) is 22.8 Å². The molecule has 0 saturated heterocycles. The summed E-state index contributed by atoms with van der Waals surface area (Å²) in [5.74, 6) is 1.98. The predicted molar refractivity (Wildman–Crippen MR) is 91.6 cm³/mol. The Morgan fingerprint density at radius 1 is 1.04 bits per heavy atom. The summed E-state index contributed by atoms with van der Waals surface area (Å²) in [5.41, 5.74) is 0.708. The van der Waals surface area contributed by atoms with Crippen LogP contribution in [0.2, 0.25) is 0 Å². The Balaban J connectivity index is 1.81. The second kappa shape index (κ2) is 7.43. The molecule has 128 valence electrons. The Hall–Kier alpha value is -2.43. The summed E-state index contributed by atoms with van der Waals surface area (Å²) in [5, 5.41) is 3.06. The minimum Gasteiger partial charge on any atom is -0.496 e. The van der Waals surface area contributed by atoms with E-state index in [9.17, 15) is 4.79 Å². The van der Waals surface area contributed by atoms with E-state index < -0.39 is 0 Å². The Labute approximate surface area is 141 Å². The van der Waals surface area contributed by atoms with Gasteiger partial charge in [0, 0.05) is 6.04 Å². The molecule has 1 heterocycles. The van der Waals surface area contributed by atoms with Crippen molar-refractivity contribution in [2.24, 2.45) is 0 Å². The minimum atomic E-state index is -0.165. The van der Waals surface area contributed by atoms with Crippen LogP contribution in [0.25, 0.3) is 11.3 Å². The fourth-order valence-corrected chi connectivity index (χ4v) is 3.19. The van der Waals surface area contributed by atoms with Gasteiger partial charge in [-0.3, -0.25) is 4.79 Å². The molecule has 0 unspecified atom stereocenters. The molecule has 0 spiro atoms. The summed E-state index contributed by atoms with van der Waals surface area (Å²) in [6, 6.07) is 9.24. The van der Waals surface area contributed by atoms with Crippen LogP contribution in [-0.4, -0.2) is 26.2 Å². The number of ether oxygens (including phenoxy) is 2. The molecule has 0 bridgehead atoms. The lowest BCUT2D eigenvalue weighted by Crippen LogP contribution is -2.35. The third-order valence-corrected chi connectivity index (χ3v) is 4.44. The summed E-state index contributed by atoms with van der Waals surface area (Å²) in [6.45, 7) is 0. The molecule has 2 aromatic rings. The lowest BCUT2D eigenvalue weighted by Gasteiger charge is -2.22. The van der Waals surface area contributed by atoms with Crippen LogP contribution < -0.4 is 14.8 Å². The first-order valence-corrected chi connectivity index (χ1v) is 8.35. The molecule has 3 rings (SSSR count). The molecule has 1 N–H and O–H groups in total. The summed E-state index contributed by atoms with van der Waals surface area (Å²) in [4.78, 5) is 12.4. The van der Waals surface area contributed by atoms with E-state index in [4.69, 9.17) is 13.9 Å². The van der Waals surface area contributed by atoms with Crippen molar-refractivity contribution in [2.45, 2.75) is 38.1 Å². The van der Waals surface area contributed by atoms with Gasteiger partial charge in [-0.2, -0.15) is 0 Å². The summed E-state index contributed by atoms with van der Waals surface area (Å²) < 4.78 is 16.6. The van der Waals surface area contributed by atoms with Crippen LogP contribution in [0.5, 0.6) is 11.5 Å². The van der Waals surface area contributed by atoms with Crippen molar-refractivity contribution in [3.63, 3.8) is 0 Å². The van der Waals surface area contributed by atoms with Crippen molar-refractivity contribution in [1.29, 1.82) is 0 Å². The van der Waals surface area contributed by atoms with Crippen molar-refractivity contribution < 1.29 is 18.7 Å². The predicted octanol–water partition coefficient (Wildman–Crippen LogP) is 4.03. The molecule has 1 saturated carbocycles. The number of carbonyl (C=O) groups is 1. The van der Waals surface area contributed by atoms with Crippen LogP contribution in [0.3, 0.4) is 0 Å². The van der Waals surface area contributed by atoms with E-state index in [0.29, 0.717) is 28.6 Å². The number of hydrogen-bond donors (Lipinski definition) is 1. The number of nitrogens with one attached hydrogen (secondary N) is 1. The summed E-state index contributed by atoms with van der Waals surface area (Å²) in [6.07, 6.45) is 5.68. The normalized spacial score (nSPS) is 15.1. The molecule has 1 aliphatic carbocycles. The van der Waals surface area contributed by atoms with Crippen molar-refractivity contribution in [3.05, 3.63) is 36.1 Å². The van der Waals surface area contributed by atoms with Crippen molar-refractivity contribution >= 4 is 5.91 Å². The molecular weight excluding hydrogens is 306 g/mol. The molecule has 0 radical (unpaired) electrons. The topological polar surface area (TPSA) is 60.7 Å². The first-order chi connectivity index (χ1) is 11.7. The second-order valence-electron chi connectivity index (χ2n) is 6.01. The van der Waals surface area contributed by atoms with Gasteiger partial charge in [0.1, 0.15) is 22.8 Å². The molecule has 5 nitrogen and oxygen atoms in total. The van der Waals surface area contributed by atoms with Crippen molar-refractivity contribution in [2.75, 3.05) is 14.2 Å². The first-order valence-electron chi connectivity index (χ1n) is 8.35. The number of amides is 1. The highest BCUT2D eigenvalue weighted by Gasteiger charge is 2.21. The highest BCUT2D eigenvalue weighted by atomic mass is 16.5. The summed E-state index contributed by atoms with van der Waals surface area (Å²) >= 11 is 0. The smallest absolute Gasteiger partial charge is 0.287 e. The third kappa shape index (κ3) is 3.40. The monoisotopic (exact) mass is 329 g/mol. The second-order valence-corrected chi connectivity index (χ2v) is 6.01. The first kappa shape index (κ1) is 16.4. The maximum atomic E-state index is 12.4. The zero-order valence-electron chi connectivity index (χ0n) is 14.1.